The summed E-state index contributed by atoms with van der Waals surface area (Å²) in [7, 11) is 1.53. The van der Waals surface area contributed by atoms with E-state index in [1.807, 2.05) is 0 Å². The fourth-order valence-corrected chi connectivity index (χ4v) is 2.40. The number of rotatable bonds is 9. The molecule has 0 bridgehead atoms. The molecule has 29 heavy (non-hydrogen) atoms. The Morgan fingerprint density at radius 1 is 1.24 bits per heavy atom. The van der Waals surface area contributed by atoms with Crippen molar-refractivity contribution in [3.05, 3.63) is 48.3 Å². The van der Waals surface area contributed by atoms with Crippen LogP contribution in [-0.4, -0.2) is 43.7 Å². The third-order valence-electron chi connectivity index (χ3n) is 3.60. The average molecular weight is 407 g/mol. The number of guanidine groups is 1. The van der Waals surface area contributed by atoms with Crippen LogP contribution in [-0.2, 0) is 11.3 Å². The molecule has 156 valence electrons. The number of ether oxygens (including phenoxy) is 2. The Bertz CT molecular complexity index is 819. The standard InChI is InChI=1S/C19H23F2N5O3/c1-3-28-15-8-4-6-13(17(15)29-18(20)21)10-24-19(22-2)25-12-16(27)26-14-7-5-9-23-11-14/h4-9,11,18H,3,10,12H2,1-2H3,(H,26,27)(H2,22,24,25). The van der Waals surface area contributed by atoms with Gasteiger partial charge in [0.25, 0.3) is 0 Å². The molecule has 3 N–H and O–H groups in total. The fraction of sp³-hybridized carbons (Fsp3) is 0.316. The first-order valence-electron chi connectivity index (χ1n) is 8.87. The van der Waals surface area contributed by atoms with Crippen LogP contribution in [0.4, 0.5) is 14.5 Å². The van der Waals surface area contributed by atoms with E-state index in [1.54, 1.807) is 43.5 Å². The molecule has 0 radical (unpaired) electrons. The number of pyridine rings is 1. The van der Waals surface area contributed by atoms with Gasteiger partial charge in [-0.15, -0.1) is 0 Å². The Morgan fingerprint density at radius 2 is 2.07 bits per heavy atom. The highest BCUT2D eigenvalue weighted by molar-refractivity contribution is 5.94. The normalized spacial score (nSPS) is 11.1. The molecule has 1 amide bonds. The summed E-state index contributed by atoms with van der Waals surface area (Å²) < 4.78 is 35.6. The summed E-state index contributed by atoms with van der Waals surface area (Å²) in [4.78, 5) is 19.9. The zero-order valence-electron chi connectivity index (χ0n) is 16.1. The molecule has 2 aromatic rings. The van der Waals surface area contributed by atoms with E-state index >= 15 is 0 Å². The second kappa shape index (κ2) is 11.4. The molecule has 0 aliphatic rings. The lowest BCUT2D eigenvalue weighted by Gasteiger charge is -2.17. The van der Waals surface area contributed by atoms with Crippen molar-refractivity contribution in [2.75, 3.05) is 25.5 Å². The van der Waals surface area contributed by atoms with E-state index in [0.29, 0.717) is 23.8 Å². The van der Waals surface area contributed by atoms with Crippen molar-refractivity contribution in [3.63, 3.8) is 0 Å². The molecule has 1 aromatic carbocycles. The molecule has 0 saturated carbocycles. The van der Waals surface area contributed by atoms with E-state index in [0.717, 1.165) is 0 Å². The predicted molar refractivity (Wildman–Crippen MR) is 105 cm³/mol. The Labute approximate surface area is 167 Å². The van der Waals surface area contributed by atoms with Gasteiger partial charge in [-0.25, -0.2) is 0 Å². The minimum Gasteiger partial charge on any atom is -0.490 e. The van der Waals surface area contributed by atoms with Crippen LogP contribution in [0.25, 0.3) is 0 Å². The first-order chi connectivity index (χ1) is 14.0. The van der Waals surface area contributed by atoms with Gasteiger partial charge in [0.1, 0.15) is 0 Å². The number of anilines is 1. The Morgan fingerprint density at radius 3 is 2.72 bits per heavy atom. The van der Waals surface area contributed by atoms with E-state index < -0.39 is 6.61 Å². The van der Waals surface area contributed by atoms with E-state index in [-0.39, 0.29) is 30.5 Å². The number of halogens is 2. The number of carbonyl (C=O) groups excluding carboxylic acids is 1. The highest BCUT2D eigenvalue weighted by Crippen LogP contribution is 2.32. The number of nitrogens with zero attached hydrogens (tertiary/aromatic N) is 2. The van der Waals surface area contributed by atoms with Crippen LogP contribution in [0.2, 0.25) is 0 Å². The molecule has 8 nitrogen and oxygen atoms in total. The monoisotopic (exact) mass is 407 g/mol. The quantitative estimate of drug-likeness (QED) is 0.436. The van der Waals surface area contributed by atoms with Crippen molar-refractivity contribution in [1.29, 1.82) is 0 Å². The van der Waals surface area contributed by atoms with Gasteiger partial charge in [0.05, 0.1) is 25.0 Å². The molecule has 0 spiro atoms. The van der Waals surface area contributed by atoms with Crippen molar-refractivity contribution in [2.24, 2.45) is 4.99 Å². The van der Waals surface area contributed by atoms with Gasteiger partial charge in [0, 0.05) is 25.4 Å². The Hall–Kier alpha value is -3.43. The average Bonchev–Trinajstić information content (AvgIpc) is 2.70. The summed E-state index contributed by atoms with van der Waals surface area (Å²) in [5, 5.41) is 8.48. The topological polar surface area (TPSA) is 96.9 Å². The number of alkyl halides is 2. The first kappa shape index (κ1) is 21.9. The van der Waals surface area contributed by atoms with Gasteiger partial charge < -0.3 is 25.4 Å². The maximum absolute atomic E-state index is 12.8. The van der Waals surface area contributed by atoms with Gasteiger partial charge in [0.2, 0.25) is 5.91 Å². The van der Waals surface area contributed by atoms with Crippen molar-refractivity contribution in [1.82, 2.24) is 15.6 Å². The van der Waals surface area contributed by atoms with Gasteiger partial charge in [-0.2, -0.15) is 8.78 Å². The highest BCUT2D eigenvalue weighted by Gasteiger charge is 2.16. The molecule has 0 fully saturated rings. The zero-order valence-corrected chi connectivity index (χ0v) is 16.1. The lowest BCUT2D eigenvalue weighted by atomic mass is 10.2. The minimum atomic E-state index is -2.98. The first-order valence-corrected chi connectivity index (χ1v) is 8.87. The third-order valence-corrected chi connectivity index (χ3v) is 3.60. The molecule has 2 rings (SSSR count). The largest absolute Gasteiger partial charge is 0.490 e. The summed E-state index contributed by atoms with van der Waals surface area (Å²) in [6.45, 7) is -0.838. The molecule has 0 atom stereocenters. The number of carbonyl (C=O) groups is 1. The molecular formula is C19H23F2N5O3. The number of hydrogen-bond acceptors (Lipinski definition) is 5. The Kier molecular flexibility index (Phi) is 8.61. The maximum Gasteiger partial charge on any atom is 0.387 e. The molecule has 1 heterocycles. The van der Waals surface area contributed by atoms with Crippen molar-refractivity contribution >= 4 is 17.6 Å². The lowest BCUT2D eigenvalue weighted by molar-refractivity contribution is -0.115. The van der Waals surface area contributed by atoms with Gasteiger partial charge >= 0.3 is 6.61 Å². The van der Waals surface area contributed by atoms with Crippen molar-refractivity contribution < 1.29 is 23.0 Å². The van der Waals surface area contributed by atoms with E-state index in [1.165, 1.54) is 13.2 Å². The molecule has 0 unspecified atom stereocenters. The fourth-order valence-electron chi connectivity index (χ4n) is 2.40. The summed E-state index contributed by atoms with van der Waals surface area (Å²) >= 11 is 0. The summed E-state index contributed by atoms with van der Waals surface area (Å²) in [6, 6.07) is 8.29. The van der Waals surface area contributed by atoms with Crippen LogP contribution < -0.4 is 25.4 Å². The zero-order chi connectivity index (χ0) is 21.1. The molecular weight excluding hydrogens is 384 g/mol. The number of para-hydroxylation sites is 1. The number of nitrogens with one attached hydrogen (secondary N) is 3. The number of aromatic nitrogens is 1. The van der Waals surface area contributed by atoms with Crippen LogP contribution in [0.1, 0.15) is 12.5 Å². The highest BCUT2D eigenvalue weighted by atomic mass is 19.3. The lowest BCUT2D eigenvalue weighted by Crippen LogP contribution is -2.41. The van der Waals surface area contributed by atoms with Crippen LogP contribution in [0.15, 0.2) is 47.7 Å². The smallest absolute Gasteiger partial charge is 0.387 e. The van der Waals surface area contributed by atoms with Gasteiger partial charge in [-0.05, 0) is 25.1 Å². The van der Waals surface area contributed by atoms with Gasteiger partial charge in [-0.3, -0.25) is 14.8 Å². The van der Waals surface area contributed by atoms with E-state index in [9.17, 15) is 13.6 Å². The SMILES string of the molecule is CCOc1cccc(CNC(=NC)NCC(=O)Nc2cccnc2)c1OC(F)F. The summed E-state index contributed by atoms with van der Waals surface area (Å²) in [6.07, 6.45) is 3.13. The molecule has 0 aliphatic heterocycles. The van der Waals surface area contributed by atoms with Crippen LogP contribution >= 0.6 is 0 Å². The second-order valence-corrected chi connectivity index (χ2v) is 5.63. The van der Waals surface area contributed by atoms with Gasteiger partial charge in [0.15, 0.2) is 17.5 Å². The molecule has 0 aliphatic carbocycles. The predicted octanol–water partition coefficient (Wildman–Crippen LogP) is 2.39. The van der Waals surface area contributed by atoms with Crippen LogP contribution in [0, 0.1) is 0 Å². The summed E-state index contributed by atoms with van der Waals surface area (Å²) in [5.41, 5.74) is 1.03. The summed E-state index contributed by atoms with van der Waals surface area (Å²) in [5.74, 6) is 0.213. The Balaban J connectivity index is 1.94. The third kappa shape index (κ3) is 7.24. The van der Waals surface area contributed by atoms with Gasteiger partial charge in [-0.1, -0.05) is 12.1 Å². The molecule has 0 saturated heterocycles. The van der Waals surface area contributed by atoms with Crippen LogP contribution in [0.5, 0.6) is 11.5 Å². The maximum atomic E-state index is 12.8. The van der Waals surface area contributed by atoms with Crippen molar-refractivity contribution in [3.8, 4) is 11.5 Å². The second-order valence-electron chi connectivity index (χ2n) is 5.63. The number of hydrogen-bond donors (Lipinski definition) is 3. The number of amides is 1. The minimum absolute atomic E-state index is 0.0402. The number of benzene rings is 1. The number of aliphatic imine (C=N–C) groups is 1. The van der Waals surface area contributed by atoms with Crippen molar-refractivity contribution in [2.45, 2.75) is 20.1 Å². The van der Waals surface area contributed by atoms with Crippen LogP contribution in [0.3, 0.4) is 0 Å². The van der Waals surface area contributed by atoms with E-state index in [2.05, 4.69) is 30.7 Å². The molecule has 1 aromatic heterocycles. The molecule has 10 heteroatoms. The van der Waals surface area contributed by atoms with E-state index in [4.69, 9.17) is 4.74 Å².